The van der Waals surface area contributed by atoms with Crippen molar-refractivity contribution < 1.29 is 19.4 Å². The topological polar surface area (TPSA) is 63.6 Å². The van der Waals surface area contributed by atoms with Gasteiger partial charge in [-0.3, -0.25) is 4.79 Å². The summed E-state index contributed by atoms with van der Waals surface area (Å²) in [6.45, 7) is 5.35. The fourth-order valence-corrected chi connectivity index (χ4v) is 3.70. The lowest BCUT2D eigenvalue weighted by atomic mass is 9.61. The van der Waals surface area contributed by atoms with Gasteiger partial charge in [0.2, 0.25) is 0 Å². The number of esters is 1. The first kappa shape index (κ1) is 12.6. The van der Waals surface area contributed by atoms with Gasteiger partial charge < -0.3 is 9.84 Å². The zero-order chi connectivity index (χ0) is 14.0. The van der Waals surface area contributed by atoms with Crippen LogP contribution in [0.2, 0.25) is 0 Å². The molecule has 0 aromatic carbocycles. The first-order chi connectivity index (χ1) is 8.77. The predicted octanol–water partition coefficient (Wildman–Crippen LogP) is 1.53. The van der Waals surface area contributed by atoms with Crippen molar-refractivity contribution in [1.29, 1.82) is 0 Å². The second kappa shape index (κ2) is 3.57. The molecule has 4 atom stereocenters. The third-order valence-electron chi connectivity index (χ3n) is 4.99. The molecule has 0 bridgehead atoms. The molecule has 0 spiro atoms. The minimum atomic E-state index is -1.44. The fraction of sp³-hybridized carbons (Fsp3) is 0.600. The molecule has 2 fully saturated rings. The molecule has 1 aliphatic heterocycles. The number of carbonyl (C=O) groups excluding carboxylic acids is 2. The van der Waals surface area contributed by atoms with E-state index in [1.165, 1.54) is 6.92 Å². The number of ketones is 1. The van der Waals surface area contributed by atoms with Gasteiger partial charge in [0.1, 0.15) is 6.10 Å². The summed E-state index contributed by atoms with van der Waals surface area (Å²) in [6.07, 6.45) is 4.59. The molecule has 0 aromatic heterocycles. The van der Waals surface area contributed by atoms with E-state index < -0.39 is 17.7 Å². The number of hydrogen-bond acceptors (Lipinski definition) is 4. The standard InChI is InChI=1S/C15H18O4/c1-8-10(16)5-7-14(2)6-4-9-12(11(8)14)19-13(17)15(9,3)18/h5,7,9,12,18H,4,6H2,1-3H3. The van der Waals surface area contributed by atoms with Crippen molar-refractivity contribution in [3.63, 3.8) is 0 Å². The van der Waals surface area contributed by atoms with E-state index in [-0.39, 0.29) is 17.1 Å². The van der Waals surface area contributed by atoms with E-state index in [9.17, 15) is 14.7 Å². The summed E-state index contributed by atoms with van der Waals surface area (Å²) in [4.78, 5) is 23.7. The second-order valence-corrected chi connectivity index (χ2v) is 6.27. The number of allylic oxidation sites excluding steroid dienone is 3. The van der Waals surface area contributed by atoms with Crippen LogP contribution in [0.5, 0.6) is 0 Å². The molecule has 1 saturated carbocycles. The Hall–Kier alpha value is -1.42. The molecule has 1 N–H and O–H groups in total. The van der Waals surface area contributed by atoms with Crippen molar-refractivity contribution in [2.24, 2.45) is 11.3 Å². The molecule has 0 aromatic rings. The summed E-state index contributed by atoms with van der Waals surface area (Å²) in [5, 5.41) is 10.3. The quantitative estimate of drug-likeness (QED) is 0.672. The van der Waals surface area contributed by atoms with Gasteiger partial charge in [-0.15, -0.1) is 0 Å². The molecule has 1 heterocycles. The van der Waals surface area contributed by atoms with Crippen LogP contribution in [0.4, 0.5) is 0 Å². The predicted molar refractivity (Wildman–Crippen MR) is 68.2 cm³/mol. The van der Waals surface area contributed by atoms with Crippen molar-refractivity contribution in [3.05, 3.63) is 23.3 Å². The van der Waals surface area contributed by atoms with Crippen LogP contribution in [-0.2, 0) is 14.3 Å². The Balaban J connectivity index is 2.12. The first-order valence-corrected chi connectivity index (χ1v) is 6.65. The lowest BCUT2D eigenvalue weighted by molar-refractivity contribution is -0.153. The molecule has 2 aliphatic carbocycles. The van der Waals surface area contributed by atoms with E-state index in [1.54, 1.807) is 13.0 Å². The lowest BCUT2D eigenvalue weighted by Gasteiger charge is -2.43. The number of rotatable bonds is 0. The summed E-state index contributed by atoms with van der Waals surface area (Å²) in [7, 11) is 0. The minimum Gasteiger partial charge on any atom is -0.455 e. The zero-order valence-corrected chi connectivity index (χ0v) is 11.4. The highest BCUT2D eigenvalue weighted by Crippen LogP contribution is 2.53. The van der Waals surface area contributed by atoms with Crippen molar-refractivity contribution in [2.45, 2.75) is 45.3 Å². The van der Waals surface area contributed by atoms with Crippen LogP contribution in [0.1, 0.15) is 33.6 Å². The number of fused-ring (bicyclic) bond motifs is 3. The van der Waals surface area contributed by atoms with Crippen LogP contribution in [0.25, 0.3) is 0 Å². The van der Waals surface area contributed by atoms with Crippen LogP contribution in [0.15, 0.2) is 23.3 Å². The van der Waals surface area contributed by atoms with Crippen LogP contribution < -0.4 is 0 Å². The van der Waals surface area contributed by atoms with Crippen molar-refractivity contribution in [2.75, 3.05) is 0 Å². The van der Waals surface area contributed by atoms with Gasteiger partial charge in [-0.1, -0.05) is 13.0 Å². The Morgan fingerprint density at radius 2 is 2.05 bits per heavy atom. The largest absolute Gasteiger partial charge is 0.455 e. The molecular formula is C15H18O4. The minimum absolute atomic E-state index is 0.0317. The number of ether oxygens (including phenoxy) is 1. The summed E-state index contributed by atoms with van der Waals surface area (Å²) in [6, 6.07) is 0. The summed E-state index contributed by atoms with van der Waals surface area (Å²) >= 11 is 0. The SMILES string of the molecule is CC1=C2C3OC(=O)C(C)(O)C3CCC2(C)C=CC1=O. The maximum absolute atomic E-state index is 11.9. The van der Waals surface area contributed by atoms with E-state index in [0.29, 0.717) is 5.57 Å². The van der Waals surface area contributed by atoms with E-state index in [0.717, 1.165) is 18.4 Å². The number of hydrogen-bond donors (Lipinski definition) is 1. The molecular weight excluding hydrogens is 244 g/mol. The average molecular weight is 262 g/mol. The first-order valence-electron chi connectivity index (χ1n) is 6.65. The van der Waals surface area contributed by atoms with Crippen molar-refractivity contribution >= 4 is 11.8 Å². The summed E-state index contributed by atoms with van der Waals surface area (Å²) in [5.74, 6) is -0.859. The molecule has 4 nitrogen and oxygen atoms in total. The lowest BCUT2D eigenvalue weighted by Crippen LogP contribution is -2.45. The normalized spacial score (nSPS) is 45.1. The Labute approximate surface area is 112 Å². The second-order valence-electron chi connectivity index (χ2n) is 6.27. The monoisotopic (exact) mass is 262 g/mol. The molecule has 102 valence electrons. The van der Waals surface area contributed by atoms with Gasteiger partial charge in [-0.05, 0) is 38.3 Å². The Morgan fingerprint density at radius 1 is 1.37 bits per heavy atom. The molecule has 1 saturated heterocycles. The fourth-order valence-electron chi connectivity index (χ4n) is 3.70. The highest BCUT2D eigenvalue weighted by Gasteiger charge is 2.59. The molecule has 4 unspecified atom stereocenters. The Kier molecular flexibility index (Phi) is 2.37. The highest BCUT2D eigenvalue weighted by atomic mass is 16.6. The van der Waals surface area contributed by atoms with Crippen LogP contribution in [0, 0.1) is 11.3 Å². The van der Waals surface area contributed by atoms with Crippen LogP contribution in [0.3, 0.4) is 0 Å². The smallest absolute Gasteiger partial charge is 0.338 e. The van der Waals surface area contributed by atoms with Gasteiger partial charge in [-0.2, -0.15) is 0 Å². The van der Waals surface area contributed by atoms with Gasteiger partial charge >= 0.3 is 5.97 Å². The van der Waals surface area contributed by atoms with Gasteiger partial charge in [0, 0.05) is 16.9 Å². The van der Waals surface area contributed by atoms with E-state index in [2.05, 4.69) is 6.92 Å². The molecule has 0 radical (unpaired) electrons. The summed E-state index contributed by atoms with van der Waals surface area (Å²) < 4.78 is 5.40. The maximum Gasteiger partial charge on any atom is 0.338 e. The molecule has 19 heavy (non-hydrogen) atoms. The van der Waals surface area contributed by atoms with Gasteiger partial charge in [0.25, 0.3) is 0 Å². The Bertz CT molecular complexity index is 540. The van der Waals surface area contributed by atoms with Gasteiger partial charge in [0.05, 0.1) is 0 Å². The van der Waals surface area contributed by atoms with Gasteiger partial charge in [-0.25, -0.2) is 4.79 Å². The van der Waals surface area contributed by atoms with Crippen LogP contribution in [-0.4, -0.2) is 28.6 Å². The van der Waals surface area contributed by atoms with E-state index >= 15 is 0 Å². The van der Waals surface area contributed by atoms with Crippen molar-refractivity contribution in [1.82, 2.24) is 0 Å². The average Bonchev–Trinajstić information content (AvgIpc) is 2.55. The third-order valence-corrected chi connectivity index (χ3v) is 4.99. The zero-order valence-electron chi connectivity index (χ0n) is 11.4. The molecule has 3 aliphatic rings. The van der Waals surface area contributed by atoms with Gasteiger partial charge in [0.15, 0.2) is 11.4 Å². The number of carbonyl (C=O) groups is 2. The highest BCUT2D eigenvalue weighted by molar-refractivity contribution is 6.05. The Morgan fingerprint density at radius 3 is 2.74 bits per heavy atom. The van der Waals surface area contributed by atoms with E-state index in [1.807, 2.05) is 6.08 Å². The van der Waals surface area contributed by atoms with E-state index in [4.69, 9.17) is 4.74 Å². The summed E-state index contributed by atoms with van der Waals surface area (Å²) in [5.41, 5.74) is -0.142. The molecule has 3 rings (SSSR count). The molecule has 0 amide bonds. The van der Waals surface area contributed by atoms with Crippen molar-refractivity contribution in [3.8, 4) is 0 Å². The maximum atomic E-state index is 11.9. The molecule has 4 heteroatoms. The number of aliphatic hydroxyl groups is 1. The van der Waals surface area contributed by atoms with Crippen LogP contribution >= 0.6 is 0 Å². The third kappa shape index (κ3) is 1.49.